The molecule has 2 aromatic rings. The van der Waals surface area contributed by atoms with Gasteiger partial charge in [0.15, 0.2) is 0 Å². The number of fused-ring (bicyclic) bond motifs is 3. The van der Waals surface area contributed by atoms with Crippen LogP contribution in [-0.4, -0.2) is 11.8 Å². The summed E-state index contributed by atoms with van der Waals surface area (Å²) >= 11 is 0. The molecule has 0 spiro atoms. The molecule has 21 heavy (non-hydrogen) atoms. The first-order valence-corrected chi connectivity index (χ1v) is 6.84. The van der Waals surface area contributed by atoms with Gasteiger partial charge in [-0.05, 0) is 52.9 Å². The van der Waals surface area contributed by atoms with Gasteiger partial charge in [0, 0.05) is 25.2 Å². The molecular weight excluding hydrogens is 264 g/mol. The van der Waals surface area contributed by atoms with Gasteiger partial charge in [-0.3, -0.25) is 9.59 Å². The number of rotatable bonds is 2. The summed E-state index contributed by atoms with van der Waals surface area (Å²) < 4.78 is 0. The maximum absolute atomic E-state index is 11.1. The molecule has 0 fully saturated rings. The molecule has 4 nitrogen and oxygen atoms in total. The van der Waals surface area contributed by atoms with Crippen LogP contribution in [0.2, 0.25) is 0 Å². The first-order valence-electron chi connectivity index (χ1n) is 6.84. The van der Waals surface area contributed by atoms with Crippen molar-refractivity contribution in [3.05, 3.63) is 47.5 Å². The van der Waals surface area contributed by atoms with Gasteiger partial charge >= 0.3 is 0 Å². The lowest BCUT2D eigenvalue weighted by Crippen LogP contribution is -2.05. The Morgan fingerprint density at radius 2 is 1.24 bits per heavy atom. The molecular formula is C17H16N2O2. The van der Waals surface area contributed by atoms with Crippen LogP contribution < -0.4 is 10.6 Å². The molecule has 2 N–H and O–H groups in total. The zero-order valence-electron chi connectivity index (χ0n) is 12.0. The predicted molar refractivity (Wildman–Crippen MR) is 83.3 cm³/mol. The van der Waals surface area contributed by atoms with Crippen molar-refractivity contribution in [3.8, 4) is 11.1 Å². The van der Waals surface area contributed by atoms with Crippen molar-refractivity contribution in [2.75, 3.05) is 10.6 Å². The highest BCUT2D eigenvalue weighted by Crippen LogP contribution is 2.39. The van der Waals surface area contributed by atoms with Gasteiger partial charge in [0.05, 0.1) is 0 Å². The Labute approximate surface area is 123 Å². The van der Waals surface area contributed by atoms with Gasteiger partial charge in [0.2, 0.25) is 11.8 Å². The summed E-state index contributed by atoms with van der Waals surface area (Å²) in [6.45, 7) is 3.00. The Morgan fingerprint density at radius 3 is 1.62 bits per heavy atom. The van der Waals surface area contributed by atoms with Gasteiger partial charge < -0.3 is 10.6 Å². The molecule has 0 bridgehead atoms. The molecule has 4 heteroatoms. The van der Waals surface area contributed by atoms with Gasteiger partial charge in [-0.25, -0.2) is 0 Å². The number of carbonyl (C=O) groups excluding carboxylic acids is 2. The number of carbonyl (C=O) groups is 2. The number of benzene rings is 2. The summed E-state index contributed by atoms with van der Waals surface area (Å²) in [7, 11) is 0. The van der Waals surface area contributed by atoms with E-state index in [0.717, 1.165) is 17.8 Å². The van der Waals surface area contributed by atoms with E-state index >= 15 is 0 Å². The molecule has 0 atom stereocenters. The van der Waals surface area contributed by atoms with Crippen LogP contribution >= 0.6 is 0 Å². The summed E-state index contributed by atoms with van der Waals surface area (Å²) in [5, 5.41) is 5.61. The second-order valence-electron chi connectivity index (χ2n) is 5.28. The van der Waals surface area contributed by atoms with Crippen LogP contribution in [0.15, 0.2) is 36.4 Å². The first kappa shape index (κ1) is 13.4. The number of nitrogens with one attached hydrogen (secondary N) is 2. The van der Waals surface area contributed by atoms with E-state index in [1.54, 1.807) is 0 Å². The lowest BCUT2D eigenvalue weighted by Gasteiger charge is -2.06. The normalized spacial score (nSPS) is 11.5. The fraction of sp³-hybridized carbons (Fsp3) is 0.176. The summed E-state index contributed by atoms with van der Waals surface area (Å²) in [5.74, 6) is -0.142. The van der Waals surface area contributed by atoms with Crippen molar-refractivity contribution in [1.29, 1.82) is 0 Å². The highest BCUT2D eigenvalue weighted by Gasteiger charge is 2.19. The minimum Gasteiger partial charge on any atom is -0.326 e. The standard InChI is InChI=1S/C17H16N2O2/c1-10(20)18-14-3-5-16-12(8-14)7-13-9-15(19-11(2)21)4-6-17(13)16/h3-6,8-9H,7H2,1-2H3,(H,18,20)(H,19,21). The van der Waals surface area contributed by atoms with Gasteiger partial charge in [-0.15, -0.1) is 0 Å². The third kappa shape index (κ3) is 2.65. The van der Waals surface area contributed by atoms with Crippen LogP contribution in [0.4, 0.5) is 11.4 Å². The molecule has 1 aliphatic carbocycles. The molecule has 0 aliphatic heterocycles. The van der Waals surface area contributed by atoms with Crippen molar-refractivity contribution in [2.45, 2.75) is 20.3 Å². The quantitative estimate of drug-likeness (QED) is 0.757. The third-order valence-electron chi connectivity index (χ3n) is 3.52. The first-order chi connectivity index (χ1) is 10.0. The van der Waals surface area contributed by atoms with Crippen LogP contribution in [0.25, 0.3) is 11.1 Å². The Kier molecular flexibility index (Phi) is 3.22. The van der Waals surface area contributed by atoms with E-state index in [1.165, 1.54) is 36.1 Å². The highest BCUT2D eigenvalue weighted by molar-refractivity contribution is 5.91. The van der Waals surface area contributed by atoms with E-state index in [0.29, 0.717) is 0 Å². The van der Waals surface area contributed by atoms with Gasteiger partial charge in [-0.1, -0.05) is 12.1 Å². The zero-order chi connectivity index (χ0) is 15.0. The van der Waals surface area contributed by atoms with E-state index in [4.69, 9.17) is 0 Å². The second kappa shape index (κ2) is 5.05. The molecule has 106 valence electrons. The summed E-state index contributed by atoms with van der Waals surface area (Å²) in [6, 6.07) is 11.9. The van der Waals surface area contributed by atoms with Crippen molar-refractivity contribution in [2.24, 2.45) is 0 Å². The molecule has 0 radical (unpaired) electrons. The van der Waals surface area contributed by atoms with Crippen molar-refractivity contribution < 1.29 is 9.59 Å². The average molecular weight is 280 g/mol. The Balaban J connectivity index is 1.93. The Hall–Kier alpha value is -2.62. The lowest BCUT2D eigenvalue weighted by atomic mass is 10.0. The second-order valence-corrected chi connectivity index (χ2v) is 5.28. The number of hydrogen-bond acceptors (Lipinski definition) is 2. The lowest BCUT2D eigenvalue weighted by molar-refractivity contribution is -0.115. The van der Waals surface area contributed by atoms with Crippen molar-refractivity contribution >= 4 is 23.2 Å². The van der Waals surface area contributed by atoms with E-state index in [1.807, 2.05) is 36.4 Å². The minimum absolute atomic E-state index is 0.0709. The minimum atomic E-state index is -0.0709. The molecule has 0 unspecified atom stereocenters. The Bertz CT molecular complexity index is 687. The summed E-state index contributed by atoms with van der Waals surface area (Å²) in [4.78, 5) is 22.3. The van der Waals surface area contributed by atoms with Crippen LogP contribution in [0.5, 0.6) is 0 Å². The maximum atomic E-state index is 11.1. The fourth-order valence-electron chi connectivity index (χ4n) is 2.77. The largest absolute Gasteiger partial charge is 0.326 e. The van der Waals surface area contributed by atoms with Gasteiger partial charge in [-0.2, -0.15) is 0 Å². The molecule has 0 saturated heterocycles. The fourth-order valence-corrected chi connectivity index (χ4v) is 2.77. The Morgan fingerprint density at radius 1 is 0.810 bits per heavy atom. The summed E-state index contributed by atoms with van der Waals surface area (Å²) in [5.41, 5.74) is 6.39. The molecule has 1 aliphatic rings. The van der Waals surface area contributed by atoms with Crippen LogP contribution in [-0.2, 0) is 16.0 Å². The smallest absolute Gasteiger partial charge is 0.221 e. The van der Waals surface area contributed by atoms with E-state index in [9.17, 15) is 9.59 Å². The number of anilines is 2. The predicted octanol–water partition coefficient (Wildman–Crippen LogP) is 3.17. The average Bonchev–Trinajstić information content (AvgIpc) is 2.73. The summed E-state index contributed by atoms with van der Waals surface area (Å²) in [6.07, 6.45) is 0.811. The molecule has 0 saturated carbocycles. The topological polar surface area (TPSA) is 58.2 Å². The molecule has 2 amide bonds. The van der Waals surface area contributed by atoms with E-state index < -0.39 is 0 Å². The maximum Gasteiger partial charge on any atom is 0.221 e. The highest BCUT2D eigenvalue weighted by atomic mass is 16.2. The molecule has 2 aromatic carbocycles. The molecule has 0 aromatic heterocycles. The number of amides is 2. The van der Waals surface area contributed by atoms with Crippen molar-refractivity contribution in [3.63, 3.8) is 0 Å². The van der Waals surface area contributed by atoms with Crippen LogP contribution in [0.1, 0.15) is 25.0 Å². The van der Waals surface area contributed by atoms with Crippen LogP contribution in [0, 0.1) is 0 Å². The SMILES string of the molecule is CC(=O)Nc1ccc2c(c1)Cc1cc(NC(C)=O)ccc1-2. The van der Waals surface area contributed by atoms with E-state index in [2.05, 4.69) is 10.6 Å². The molecule has 0 heterocycles. The van der Waals surface area contributed by atoms with Crippen molar-refractivity contribution in [1.82, 2.24) is 0 Å². The monoisotopic (exact) mass is 280 g/mol. The molecule has 3 rings (SSSR count). The zero-order valence-corrected chi connectivity index (χ0v) is 12.0. The number of hydrogen-bond donors (Lipinski definition) is 2. The third-order valence-corrected chi connectivity index (χ3v) is 3.52. The van der Waals surface area contributed by atoms with Crippen LogP contribution in [0.3, 0.4) is 0 Å². The van der Waals surface area contributed by atoms with E-state index in [-0.39, 0.29) is 11.8 Å². The van der Waals surface area contributed by atoms with Gasteiger partial charge in [0.25, 0.3) is 0 Å². The van der Waals surface area contributed by atoms with Gasteiger partial charge in [0.1, 0.15) is 0 Å².